The third-order valence-corrected chi connectivity index (χ3v) is 2.60. The monoisotopic (exact) mass is 260 g/mol. The van der Waals surface area contributed by atoms with Gasteiger partial charge in [0.15, 0.2) is 11.6 Å². The van der Waals surface area contributed by atoms with Crippen LogP contribution in [-0.2, 0) is 0 Å². The molecular formula is C15H17FN2O. The second kappa shape index (κ2) is 6.18. The number of pyridine rings is 1. The molecule has 0 fully saturated rings. The lowest BCUT2D eigenvalue weighted by Crippen LogP contribution is -2.01. The number of anilines is 1. The second-order valence-electron chi connectivity index (χ2n) is 4.34. The zero-order chi connectivity index (χ0) is 13.7. The predicted octanol–water partition coefficient (Wildman–Crippen LogP) is 4.14. The molecule has 1 N–H and O–H groups in total. The summed E-state index contributed by atoms with van der Waals surface area (Å²) in [5, 5.41) is 3.16. The second-order valence-corrected chi connectivity index (χ2v) is 4.34. The van der Waals surface area contributed by atoms with Crippen molar-refractivity contribution >= 4 is 5.82 Å². The molecule has 4 heteroatoms. The van der Waals surface area contributed by atoms with E-state index in [1.165, 1.54) is 6.07 Å². The quantitative estimate of drug-likeness (QED) is 0.877. The maximum absolute atomic E-state index is 13.6. The number of hydrogen-bond donors (Lipinski definition) is 1. The third-order valence-electron chi connectivity index (χ3n) is 2.60. The average molecular weight is 260 g/mol. The molecule has 1 aromatic heterocycles. The highest BCUT2D eigenvalue weighted by Gasteiger charge is 2.05. The van der Waals surface area contributed by atoms with Crippen LogP contribution in [0.2, 0.25) is 0 Å². The van der Waals surface area contributed by atoms with E-state index < -0.39 is 0 Å². The first-order valence-electron chi connectivity index (χ1n) is 6.33. The molecule has 0 saturated carbocycles. The van der Waals surface area contributed by atoms with Gasteiger partial charge in [0.05, 0.1) is 0 Å². The van der Waals surface area contributed by atoms with Crippen LogP contribution in [0.1, 0.15) is 18.9 Å². The smallest absolute Gasteiger partial charge is 0.165 e. The van der Waals surface area contributed by atoms with E-state index in [4.69, 9.17) is 4.74 Å². The number of nitrogens with zero attached hydrogens (tertiary/aromatic N) is 1. The fraction of sp³-hybridized carbons (Fsp3) is 0.267. The van der Waals surface area contributed by atoms with Crippen LogP contribution in [0.15, 0.2) is 36.5 Å². The van der Waals surface area contributed by atoms with Gasteiger partial charge in [0.25, 0.3) is 0 Å². The van der Waals surface area contributed by atoms with E-state index in [-0.39, 0.29) is 11.6 Å². The number of halogens is 1. The molecule has 0 saturated heterocycles. The Morgan fingerprint density at radius 2 is 2.11 bits per heavy atom. The summed E-state index contributed by atoms with van der Waals surface area (Å²) in [4.78, 5) is 4.17. The molecule has 0 aliphatic carbocycles. The topological polar surface area (TPSA) is 34.1 Å². The molecule has 0 atom stereocenters. The molecule has 0 aliphatic heterocycles. The fourth-order valence-electron chi connectivity index (χ4n) is 1.64. The SMILES string of the molecule is CCCNc1cc(Oc2cc(C)ccc2F)ccn1. The van der Waals surface area contributed by atoms with Crippen molar-refractivity contribution in [3.8, 4) is 11.5 Å². The van der Waals surface area contributed by atoms with Gasteiger partial charge in [0.1, 0.15) is 11.6 Å². The van der Waals surface area contributed by atoms with Crippen LogP contribution in [-0.4, -0.2) is 11.5 Å². The molecule has 0 bridgehead atoms. The Balaban J connectivity index is 2.16. The van der Waals surface area contributed by atoms with Gasteiger partial charge in [0, 0.05) is 18.8 Å². The van der Waals surface area contributed by atoms with Gasteiger partial charge in [-0.25, -0.2) is 9.37 Å². The zero-order valence-electron chi connectivity index (χ0n) is 11.1. The summed E-state index contributed by atoms with van der Waals surface area (Å²) in [6.45, 7) is 4.82. The molecule has 2 rings (SSSR count). The molecule has 0 aliphatic rings. The van der Waals surface area contributed by atoms with Crippen molar-refractivity contribution in [2.24, 2.45) is 0 Å². The number of aromatic nitrogens is 1. The third kappa shape index (κ3) is 3.68. The van der Waals surface area contributed by atoms with Gasteiger partial charge in [-0.1, -0.05) is 13.0 Å². The lowest BCUT2D eigenvalue weighted by Gasteiger charge is -2.09. The van der Waals surface area contributed by atoms with Crippen LogP contribution in [0.3, 0.4) is 0 Å². The number of hydrogen-bond acceptors (Lipinski definition) is 3. The Morgan fingerprint density at radius 3 is 2.89 bits per heavy atom. The average Bonchev–Trinajstić information content (AvgIpc) is 2.41. The molecule has 1 aromatic carbocycles. The molecule has 0 amide bonds. The minimum Gasteiger partial charge on any atom is -0.454 e. The van der Waals surface area contributed by atoms with E-state index in [0.29, 0.717) is 5.75 Å². The number of aryl methyl sites for hydroxylation is 1. The van der Waals surface area contributed by atoms with Crippen LogP contribution in [0.4, 0.5) is 10.2 Å². The van der Waals surface area contributed by atoms with Gasteiger partial charge in [-0.3, -0.25) is 0 Å². The summed E-state index contributed by atoms with van der Waals surface area (Å²) in [6.07, 6.45) is 2.65. The first-order valence-corrected chi connectivity index (χ1v) is 6.33. The van der Waals surface area contributed by atoms with E-state index in [1.54, 1.807) is 30.5 Å². The minimum atomic E-state index is -0.370. The summed E-state index contributed by atoms with van der Waals surface area (Å²) in [5.74, 6) is 1.16. The van der Waals surface area contributed by atoms with Crippen LogP contribution in [0, 0.1) is 12.7 Å². The Hall–Kier alpha value is -2.10. The van der Waals surface area contributed by atoms with Crippen molar-refractivity contribution in [1.29, 1.82) is 0 Å². The number of ether oxygens (including phenoxy) is 1. The summed E-state index contributed by atoms with van der Waals surface area (Å²) in [6, 6.07) is 8.26. The maximum atomic E-state index is 13.6. The highest BCUT2D eigenvalue weighted by atomic mass is 19.1. The minimum absolute atomic E-state index is 0.229. The Labute approximate surface area is 112 Å². The number of rotatable bonds is 5. The van der Waals surface area contributed by atoms with Crippen molar-refractivity contribution in [2.75, 3.05) is 11.9 Å². The summed E-state index contributed by atoms with van der Waals surface area (Å²) >= 11 is 0. The summed E-state index contributed by atoms with van der Waals surface area (Å²) < 4.78 is 19.2. The zero-order valence-corrected chi connectivity index (χ0v) is 11.1. The first kappa shape index (κ1) is 13.3. The van der Waals surface area contributed by atoms with Crippen LogP contribution in [0.25, 0.3) is 0 Å². The van der Waals surface area contributed by atoms with E-state index in [2.05, 4.69) is 17.2 Å². The Kier molecular flexibility index (Phi) is 4.34. The van der Waals surface area contributed by atoms with Crippen molar-refractivity contribution in [3.05, 3.63) is 47.9 Å². The Bertz CT molecular complexity index is 558. The van der Waals surface area contributed by atoms with Gasteiger partial charge in [-0.15, -0.1) is 0 Å². The van der Waals surface area contributed by atoms with Crippen molar-refractivity contribution in [3.63, 3.8) is 0 Å². The molecular weight excluding hydrogens is 243 g/mol. The first-order chi connectivity index (χ1) is 9.19. The summed E-state index contributed by atoms with van der Waals surface area (Å²) in [7, 11) is 0. The number of benzene rings is 1. The van der Waals surface area contributed by atoms with Crippen molar-refractivity contribution in [2.45, 2.75) is 20.3 Å². The molecule has 100 valence electrons. The summed E-state index contributed by atoms with van der Waals surface area (Å²) in [5.41, 5.74) is 0.954. The molecule has 19 heavy (non-hydrogen) atoms. The molecule has 3 nitrogen and oxygen atoms in total. The largest absolute Gasteiger partial charge is 0.454 e. The normalized spacial score (nSPS) is 10.3. The van der Waals surface area contributed by atoms with Crippen LogP contribution >= 0.6 is 0 Å². The maximum Gasteiger partial charge on any atom is 0.165 e. The molecule has 0 spiro atoms. The van der Waals surface area contributed by atoms with Gasteiger partial charge in [-0.2, -0.15) is 0 Å². The standard InChI is InChI=1S/C15H17FN2O/c1-3-7-17-15-10-12(6-8-18-15)19-14-9-11(2)4-5-13(14)16/h4-6,8-10H,3,7H2,1-2H3,(H,17,18). The molecule has 0 radical (unpaired) electrons. The highest BCUT2D eigenvalue weighted by Crippen LogP contribution is 2.26. The molecule has 0 unspecified atom stereocenters. The van der Waals surface area contributed by atoms with Gasteiger partial charge < -0.3 is 10.1 Å². The molecule has 2 aromatic rings. The van der Waals surface area contributed by atoms with Gasteiger partial charge >= 0.3 is 0 Å². The Morgan fingerprint density at radius 1 is 1.26 bits per heavy atom. The van der Waals surface area contributed by atoms with Crippen LogP contribution in [0.5, 0.6) is 11.5 Å². The van der Waals surface area contributed by atoms with Crippen molar-refractivity contribution in [1.82, 2.24) is 4.98 Å². The highest BCUT2D eigenvalue weighted by molar-refractivity contribution is 5.43. The van der Waals surface area contributed by atoms with Crippen LogP contribution < -0.4 is 10.1 Å². The lowest BCUT2D eigenvalue weighted by molar-refractivity contribution is 0.441. The van der Waals surface area contributed by atoms with E-state index in [9.17, 15) is 4.39 Å². The number of nitrogens with one attached hydrogen (secondary N) is 1. The van der Waals surface area contributed by atoms with Gasteiger partial charge in [-0.05, 0) is 37.1 Å². The van der Waals surface area contributed by atoms with Crippen molar-refractivity contribution < 1.29 is 9.13 Å². The van der Waals surface area contributed by atoms with E-state index in [0.717, 1.165) is 24.3 Å². The van der Waals surface area contributed by atoms with Gasteiger partial charge in [0.2, 0.25) is 0 Å². The predicted molar refractivity (Wildman–Crippen MR) is 74.2 cm³/mol. The fourth-order valence-corrected chi connectivity index (χ4v) is 1.64. The molecule has 1 heterocycles. The lowest BCUT2D eigenvalue weighted by atomic mass is 10.2. The van der Waals surface area contributed by atoms with E-state index >= 15 is 0 Å². The van der Waals surface area contributed by atoms with E-state index in [1.807, 2.05) is 6.92 Å².